The molecule has 1 amide bonds. The topological polar surface area (TPSA) is 62.5 Å². The number of benzene rings is 2. The van der Waals surface area contributed by atoms with Crippen LogP contribution in [0.2, 0.25) is 0 Å². The first-order valence-corrected chi connectivity index (χ1v) is 9.21. The molecule has 2 aromatic carbocycles. The first-order chi connectivity index (χ1) is 13.0. The number of carbonyl (C=O) groups excluding carboxylic acids is 1. The highest BCUT2D eigenvalue weighted by molar-refractivity contribution is 6.10. The number of anilines is 1. The predicted molar refractivity (Wildman–Crippen MR) is 109 cm³/mol. The minimum Gasteiger partial charge on any atom is -0.506 e. The molecule has 1 N–H and O–H groups in total. The van der Waals surface area contributed by atoms with Crippen LogP contribution in [-0.4, -0.2) is 22.1 Å². The maximum atomic E-state index is 13.3. The van der Waals surface area contributed by atoms with Gasteiger partial charge in [-0.15, -0.1) is 0 Å². The molecule has 0 atom stereocenters. The molecule has 1 aromatic heterocycles. The molecule has 0 spiro atoms. The molecule has 5 nitrogen and oxygen atoms in total. The number of hydrogen-bond donors (Lipinski definition) is 1. The quantitative estimate of drug-likeness (QED) is 0.748. The molecular weight excluding hydrogens is 340 g/mol. The Morgan fingerprint density at radius 2 is 1.78 bits per heavy atom. The van der Waals surface area contributed by atoms with Gasteiger partial charge >= 0.3 is 0 Å². The van der Waals surface area contributed by atoms with Gasteiger partial charge in [-0.05, 0) is 36.6 Å². The Balaban J connectivity index is 2.26. The summed E-state index contributed by atoms with van der Waals surface area (Å²) in [5, 5.41) is 11.5. The number of pyridine rings is 1. The fourth-order valence-corrected chi connectivity index (χ4v) is 3.44. The number of fused-ring (bicyclic) bond motifs is 1. The first-order valence-electron chi connectivity index (χ1n) is 9.21. The summed E-state index contributed by atoms with van der Waals surface area (Å²) in [4.78, 5) is 27.8. The summed E-state index contributed by atoms with van der Waals surface area (Å²) in [6, 6.07) is 14.8. The van der Waals surface area contributed by atoms with Gasteiger partial charge in [0.2, 0.25) is 0 Å². The second-order valence-corrected chi connectivity index (χ2v) is 6.54. The zero-order valence-electron chi connectivity index (χ0n) is 15.9. The average Bonchev–Trinajstić information content (AvgIpc) is 2.70. The van der Waals surface area contributed by atoms with E-state index in [4.69, 9.17) is 0 Å². The maximum absolute atomic E-state index is 13.3. The summed E-state index contributed by atoms with van der Waals surface area (Å²) in [5.74, 6) is -0.707. The number of amides is 1. The van der Waals surface area contributed by atoms with E-state index in [0.717, 1.165) is 12.0 Å². The van der Waals surface area contributed by atoms with Crippen LogP contribution in [0.25, 0.3) is 10.9 Å². The Kier molecular flexibility index (Phi) is 5.31. The zero-order chi connectivity index (χ0) is 19.6. The smallest absolute Gasteiger partial charge is 0.267 e. The second kappa shape index (κ2) is 7.66. The summed E-state index contributed by atoms with van der Waals surface area (Å²) in [7, 11) is 1.63. The third kappa shape index (κ3) is 3.21. The number of rotatable bonds is 5. The second-order valence-electron chi connectivity index (χ2n) is 6.54. The molecule has 0 bridgehead atoms. The molecule has 3 rings (SSSR count). The van der Waals surface area contributed by atoms with E-state index in [-0.39, 0.29) is 11.3 Å². The molecule has 0 saturated heterocycles. The summed E-state index contributed by atoms with van der Waals surface area (Å²) >= 11 is 0. The highest BCUT2D eigenvalue weighted by atomic mass is 16.3. The highest BCUT2D eigenvalue weighted by Crippen LogP contribution is 2.31. The van der Waals surface area contributed by atoms with Gasteiger partial charge in [0.25, 0.3) is 11.5 Å². The van der Waals surface area contributed by atoms with Gasteiger partial charge < -0.3 is 14.6 Å². The molecule has 140 valence electrons. The van der Waals surface area contributed by atoms with Crippen molar-refractivity contribution in [3.63, 3.8) is 0 Å². The fourth-order valence-electron chi connectivity index (χ4n) is 3.44. The molecule has 0 radical (unpaired) electrons. The number of carbonyl (C=O) groups is 1. The lowest BCUT2D eigenvalue weighted by Crippen LogP contribution is -2.37. The Bertz CT molecular complexity index is 1040. The molecule has 0 saturated carbocycles. The van der Waals surface area contributed by atoms with Crippen LogP contribution in [0.5, 0.6) is 5.75 Å². The molecule has 0 fully saturated rings. The average molecular weight is 364 g/mol. The molecule has 5 heteroatoms. The Morgan fingerprint density at radius 1 is 1.07 bits per heavy atom. The van der Waals surface area contributed by atoms with Gasteiger partial charge in [-0.3, -0.25) is 9.59 Å². The van der Waals surface area contributed by atoms with Gasteiger partial charge in [0.1, 0.15) is 11.3 Å². The normalized spacial score (nSPS) is 10.9. The molecule has 1 heterocycles. The van der Waals surface area contributed by atoms with Gasteiger partial charge in [0, 0.05) is 24.7 Å². The van der Waals surface area contributed by atoms with Gasteiger partial charge in [-0.25, -0.2) is 0 Å². The molecule has 0 unspecified atom stereocenters. The number of aryl methyl sites for hydroxylation is 2. The summed E-state index contributed by atoms with van der Waals surface area (Å²) < 4.78 is 1.44. The number of para-hydroxylation sites is 1. The Hall–Kier alpha value is -3.08. The molecule has 0 aliphatic rings. The monoisotopic (exact) mass is 364 g/mol. The lowest BCUT2D eigenvalue weighted by molar-refractivity contribution is 0.0982. The van der Waals surface area contributed by atoms with Crippen LogP contribution in [0.1, 0.15) is 36.2 Å². The lowest BCUT2D eigenvalue weighted by Gasteiger charge is -2.23. The van der Waals surface area contributed by atoms with Crippen molar-refractivity contribution in [2.45, 2.75) is 26.7 Å². The largest absolute Gasteiger partial charge is 0.506 e. The first kappa shape index (κ1) is 18.7. The van der Waals surface area contributed by atoms with E-state index in [1.165, 1.54) is 4.57 Å². The molecule has 3 aromatic rings. The van der Waals surface area contributed by atoms with E-state index in [0.29, 0.717) is 29.6 Å². The van der Waals surface area contributed by atoms with Crippen molar-refractivity contribution in [3.8, 4) is 5.75 Å². The SMILES string of the molecule is CCCN(C(=O)c1c(O)c2c(CC)cccc2n(C)c1=O)c1ccccc1. The van der Waals surface area contributed by atoms with Crippen LogP contribution < -0.4 is 10.5 Å². The van der Waals surface area contributed by atoms with Crippen molar-refractivity contribution in [2.75, 3.05) is 11.4 Å². The van der Waals surface area contributed by atoms with Gasteiger partial charge in [0.15, 0.2) is 0 Å². The number of hydrogen-bond acceptors (Lipinski definition) is 3. The van der Waals surface area contributed by atoms with Crippen molar-refractivity contribution in [1.29, 1.82) is 0 Å². The zero-order valence-corrected chi connectivity index (χ0v) is 15.9. The summed E-state index contributed by atoms with van der Waals surface area (Å²) in [6.07, 6.45) is 1.42. The third-order valence-electron chi connectivity index (χ3n) is 4.84. The fraction of sp³-hybridized carbons (Fsp3) is 0.273. The van der Waals surface area contributed by atoms with Crippen LogP contribution in [0.4, 0.5) is 5.69 Å². The third-order valence-corrected chi connectivity index (χ3v) is 4.84. The van der Waals surface area contributed by atoms with Crippen molar-refractivity contribution in [3.05, 3.63) is 70.0 Å². The Labute approximate surface area is 158 Å². The van der Waals surface area contributed by atoms with Crippen molar-refractivity contribution < 1.29 is 9.90 Å². The van der Waals surface area contributed by atoms with E-state index >= 15 is 0 Å². The molecule has 0 aliphatic heterocycles. The van der Waals surface area contributed by atoms with Crippen LogP contribution in [0.3, 0.4) is 0 Å². The maximum Gasteiger partial charge on any atom is 0.267 e. The van der Waals surface area contributed by atoms with E-state index in [9.17, 15) is 14.7 Å². The highest BCUT2D eigenvalue weighted by Gasteiger charge is 2.27. The van der Waals surface area contributed by atoms with Crippen LogP contribution in [0, 0.1) is 0 Å². The van der Waals surface area contributed by atoms with Crippen LogP contribution >= 0.6 is 0 Å². The van der Waals surface area contributed by atoms with E-state index in [1.54, 1.807) is 18.0 Å². The van der Waals surface area contributed by atoms with E-state index in [1.807, 2.05) is 56.3 Å². The molecule has 27 heavy (non-hydrogen) atoms. The standard InChI is InChI=1S/C22H24N2O3/c1-4-14-24(16-11-7-6-8-12-16)22(27)19-20(25)18-15(5-2)10-9-13-17(18)23(3)21(19)26/h6-13,25H,4-5,14H2,1-3H3. The summed E-state index contributed by atoms with van der Waals surface area (Å²) in [5.41, 5.74) is 1.56. The van der Waals surface area contributed by atoms with Crippen LogP contribution in [-0.2, 0) is 13.5 Å². The lowest BCUT2D eigenvalue weighted by atomic mass is 10.0. The van der Waals surface area contributed by atoms with Crippen LogP contribution in [0.15, 0.2) is 53.3 Å². The van der Waals surface area contributed by atoms with Crippen molar-refractivity contribution >= 4 is 22.5 Å². The van der Waals surface area contributed by atoms with E-state index in [2.05, 4.69) is 0 Å². The van der Waals surface area contributed by atoms with Gasteiger partial charge in [-0.1, -0.05) is 44.2 Å². The minimum atomic E-state index is -0.490. The van der Waals surface area contributed by atoms with E-state index < -0.39 is 11.5 Å². The number of aromatic nitrogens is 1. The number of aromatic hydroxyl groups is 1. The van der Waals surface area contributed by atoms with Gasteiger partial charge in [0.05, 0.1) is 5.52 Å². The minimum absolute atomic E-state index is 0.178. The molecular formula is C22H24N2O3. The van der Waals surface area contributed by atoms with Crippen molar-refractivity contribution in [1.82, 2.24) is 4.57 Å². The van der Waals surface area contributed by atoms with Crippen molar-refractivity contribution in [2.24, 2.45) is 7.05 Å². The van der Waals surface area contributed by atoms with Gasteiger partial charge in [-0.2, -0.15) is 0 Å². The summed E-state index contributed by atoms with van der Waals surface area (Å²) in [6.45, 7) is 4.41. The number of nitrogens with zero attached hydrogens (tertiary/aromatic N) is 2. The predicted octanol–water partition coefficient (Wildman–Crippen LogP) is 3.86. The Morgan fingerprint density at radius 3 is 2.41 bits per heavy atom. The molecule has 0 aliphatic carbocycles.